The third kappa shape index (κ3) is 2.53. The Hall–Kier alpha value is -2.11. The Morgan fingerprint density at radius 2 is 1.86 bits per heavy atom. The Labute approximate surface area is 134 Å². The van der Waals surface area contributed by atoms with Crippen LogP contribution in [0.3, 0.4) is 0 Å². The molecule has 0 spiro atoms. The second-order valence-electron chi connectivity index (χ2n) is 6.22. The first kappa shape index (κ1) is 14.8. The molecule has 0 amide bonds. The van der Waals surface area contributed by atoms with E-state index in [0.717, 1.165) is 22.5 Å². The number of aromatic nitrogens is 3. The highest BCUT2D eigenvalue weighted by atomic mass is 35.5. The van der Waals surface area contributed by atoms with Gasteiger partial charge in [0.1, 0.15) is 5.82 Å². The van der Waals surface area contributed by atoms with Crippen LogP contribution < -0.4 is 11.3 Å². The van der Waals surface area contributed by atoms with Crippen molar-refractivity contribution in [3.05, 3.63) is 47.2 Å². The van der Waals surface area contributed by atoms with Gasteiger partial charge in [-0.15, -0.1) is 0 Å². The van der Waals surface area contributed by atoms with Gasteiger partial charge >= 0.3 is 0 Å². The normalized spacial score (nSPS) is 11.9. The topological polar surface area (TPSA) is 68.2 Å². The van der Waals surface area contributed by atoms with E-state index in [0.29, 0.717) is 10.8 Å². The van der Waals surface area contributed by atoms with Crippen LogP contribution in [-0.2, 0) is 5.41 Å². The Balaban J connectivity index is 2.26. The maximum atomic E-state index is 5.96. The van der Waals surface area contributed by atoms with Crippen LogP contribution in [0.1, 0.15) is 26.5 Å². The summed E-state index contributed by atoms with van der Waals surface area (Å²) in [5.41, 5.74) is 6.28. The van der Waals surface area contributed by atoms with E-state index in [-0.39, 0.29) is 5.41 Å². The molecule has 2 aromatic heterocycles. The molecule has 1 aromatic carbocycles. The van der Waals surface area contributed by atoms with Crippen LogP contribution in [0.25, 0.3) is 16.8 Å². The molecule has 5 nitrogen and oxygen atoms in total. The number of anilines is 1. The number of hydrogen-bond acceptors (Lipinski definition) is 4. The summed E-state index contributed by atoms with van der Waals surface area (Å²) in [5.74, 6) is 6.34. The van der Waals surface area contributed by atoms with Gasteiger partial charge in [0.25, 0.3) is 0 Å². The van der Waals surface area contributed by atoms with Crippen LogP contribution in [0.2, 0.25) is 5.02 Å². The van der Waals surface area contributed by atoms with Gasteiger partial charge in [-0.1, -0.05) is 44.5 Å². The summed E-state index contributed by atoms with van der Waals surface area (Å²) in [6.07, 6.45) is 1.79. The van der Waals surface area contributed by atoms with Crippen molar-refractivity contribution in [3.8, 4) is 11.1 Å². The standard InChI is InChI=1S/C16H18ClN5/c1-16(2,3)13-8-14(21-18)22-15(20-13)12(9-19-22)10-4-6-11(17)7-5-10/h4-9,21H,18H2,1-3H3. The predicted octanol–water partition coefficient (Wildman–Crippen LogP) is 3.63. The molecule has 22 heavy (non-hydrogen) atoms. The molecule has 0 saturated heterocycles. The second kappa shape index (κ2) is 5.26. The van der Waals surface area contributed by atoms with E-state index >= 15 is 0 Å². The molecule has 2 heterocycles. The molecule has 114 valence electrons. The fourth-order valence-corrected chi connectivity index (χ4v) is 2.41. The molecule has 6 heteroatoms. The van der Waals surface area contributed by atoms with Gasteiger partial charge in [-0.2, -0.15) is 9.61 Å². The maximum absolute atomic E-state index is 5.96. The van der Waals surface area contributed by atoms with Crippen LogP contribution in [0.15, 0.2) is 36.5 Å². The van der Waals surface area contributed by atoms with Gasteiger partial charge in [0, 0.05) is 22.1 Å². The highest BCUT2D eigenvalue weighted by Gasteiger charge is 2.20. The van der Waals surface area contributed by atoms with Crippen molar-refractivity contribution in [2.45, 2.75) is 26.2 Å². The number of benzene rings is 1. The Kier molecular flexibility index (Phi) is 3.54. The molecule has 0 fully saturated rings. The summed E-state index contributed by atoms with van der Waals surface area (Å²) >= 11 is 5.96. The van der Waals surface area contributed by atoms with Crippen molar-refractivity contribution >= 4 is 23.1 Å². The third-order valence-electron chi connectivity index (χ3n) is 3.54. The first-order chi connectivity index (χ1) is 10.4. The lowest BCUT2D eigenvalue weighted by Crippen LogP contribution is -2.18. The zero-order chi connectivity index (χ0) is 15.9. The molecule has 3 rings (SSSR count). The number of hydrogen-bond donors (Lipinski definition) is 2. The Morgan fingerprint density at radius 3 is 2.45 bits per heavy atom. The van der Waals surface area contributed by atoms with Crippen molar-refractivity contribution in [2.24, 2.45) is 5.84 Å². The van der Waals surface area contributed by atoms with E-state index in [4.69, 9.17) is 22.4 Å². The SMILES string of the molecule is CC(C)(C)c1cc(NN)n2ncc(-c3ccc(Cl)cc3)c2n1. The van der Waals surface area contributed by atoms with Crippen LogP contribution in [0.4, 0.5) is 5.82 Å². The summed E-state index contributed by atoms with van der Waals surface area (Å²) in [7, 11) is 0. The van der Waals surface area contributed by atoms with E-state index in [1.807, 2.05) is 30.3 Å². The molecule has 0 unspecified atom stereocenters. The van der Waals surface area contributed by atoms with Gasteiger partial charge in [0.05, 0.1) is 11.9 Å². The summed E-state index contributed by atoms with van der Waals surface area (Å²) in [6, 6.07) is 9.55. The molecule has 3 N–H and O–H groups in total. The lowest BCUT2D eigenvalue weighted by atomic mass is 9.92. The van der Waals surface area contributed by atoms with Gasteiger partial charge in [0.15, 0.2) is 5.65 Å². The third-order valence-corrected chi connectivity index (χ3v) is 3.80. The van der Waals surface area contributed by atoms with Gasteiger partial charge < -0.3 is 5.43 Å². The first-order valence-electron chi connectivity index (χ1n) is 7.02. The lowest BCUT2D eigenvalue weighted by Gasteiger charge is -2.19. The minimum absolute atomic E-state index is 0.0884. The smallest absolute Gasteiger partial charge is 0.165 e. The van der Waals surface area contributed by atoms with Gasteiger partial charge in [-0.25, -0.2) is 10.8 Å². The Morgan fingerprint density at radius 1 is 1.18 bits per heavy atom. The van der Waals surface area contributed by atoms with Crippen LogP contribution >= 0.6 is 11.6 Å². The highest BCUT2D eigenvalue weighted by molar-refractivity contribution is 6.30. The molecular weight excluding hydrogens is 298 g/mol. The second-order valence-corrected chi connectivity index (χ2v) is 6.66. The van der Waals surface area contributed by atoms with Gasteiger partial charge in [-0.05, 0) is 17.7 Å². The number of nitrogen functional groups attached to an aromatic ring is 1. The number of nitrogens with two attached hydrogens (primary N) is 1. The minimum atomic E-state index is -0.0884. The van der Waals surface area contributed by atoms with Crippen molar-refractivity contribution < 1.29 is 0 Å². The predicted molar refractivity (Wildman–Crippen MR) is 89.9 cm³/mol. The molecule has 0 atom stereocenters. The number of hydrazine groups is 1. The Bertz CT molecular complexity index is 815. The first-order valence-corrected chi connectivity index (χ1v) is 7.40. The van der Waals surface area contributed by atoms with E-state index in [1.54, 1.807) is 10.7 Å². The fraction of sp³-hybridized carbons (Fsp3) is 0.250. The average Bonchev–Trinajstić information content (AvgIpc) is 2.90. The van der Waals surface area contributed by atoms with Crippen molar-refractivity contribution in [3.63, 3.8) is 0 Å². The summed E-state index contributed by atoms with van der Waals surface area (Å²) in [5, 5.41) is 5.09. The largest absolute Gasteiger partial charge is 0.308 e. The number of halogens is 1. The summed E-state index contributed by atoms with van der Waals surface area (Å²) in [6.45, 7) is 6.35. The van der Waals surface area contributed by atoms with Crippen molar-refractivity contribution in [2.75, 3.05) is 5.43 Å². The number of nitrogens with one attached hydrogen (secondary N) is 1. The van der Waals surface area contributed by atoms with Crippen LogP contribution in [-0.4, -0.2) is 14.6 Å². The van der Waals surface area contributed by atoms with Crippen LogP contribution in [0.5, 0.6) is 0 Å². The average molecular weight is 316 g/mol. The van der Waals surface area contributed by atoms with Crippen molar-refractivity contribution in [1.82, 2.24) is 14.6 Å². The quantitative estimate of drug-likeness (QED) is 0.559. The van der Waals surface area contributed by atoms with E-state index in [1.165, 1.54) is 0 Å². The monoisotopic (exact) mass is 315 g/mol. The molecule has 0 aliphatic heterocycles. The maximum Gasteiger partial charge on any atom is 0.165 e. The number of fused-ring (bicyclic) bond motifs is 1. The zero-order valence-electron chi connectivity index (χ0n) is 12.8. The molecule has 0 aliphatic rings. The minimum Gasteiger partial charge on any atom is -0.308 e. The van der Waals surface area contributed by atoms with Crippen LogP contribution in [0, 0.1) is 0 Å². The van der Waals surface area contributed by atoms with E-state index < -0.39 is 0 Å². The fourth-order valence-electron chi connectivity index (χ4n) is 2.28. The van der Waals surface area contributed by atoms with Crippen molar-refractivity contribution in [1.29, 1.82) is 0 Å². The zero-order valence-corrected chi connectivity index (χ0v) is 13.5. The molecule has 0 saturated carbocycles. The highest BCUT2D eigenvalue weighted by Crippen LogP contribution is 2.29. The lowest BCUT2D eigenvalue weighted by molar-refractivity contribution is 0.568. The molecule has 0 aliphatic carbocycles. The molecule has 0 radical (unpaired) electrons. The van der Waals surface area contributed by atoms with Gasteiger partial charge in [-0.3, -0.25) is 0 Å². The molecule has 3 aromatic rings. The summed E-state index contributed by atoms with van der Waals surface area (Å²) < 4.78 is 1.71. The van der Waals surface area contributed by atoms with E-state index in [2.05, 4.69) is 31.3 Å². The number of nitrogens with zero attached hydrogens (tertiary/aromatic N) is 3. The molecule has 0 bridgehead atoms. The molecular formula is C16H18ClN5. The summed E-state index contributed by atoms with van der Waals surface area (Å²) in [4.78, 5) is 4.79. The van der Waals surface area contributed by atoms with E-state index in [9.17, 15) is 0 Å². The van der Waals surface area contributed by atoms with Gasteiger partial charge in [0.2, 0.25) is 0 Å². The number of rotatable bonds is 2.